The van der Waals surface area contributed by atoms with Gasteiger partial charge in [0.2, 0.25) is 0 Å². The molecule has 3 rings (SSSR count). The first-order chi connectivity index (χ1) is 18.2. The molecule has 2 aliphatic heterocycles. The first-order valence-corrected chi connectivity index (χ1v) is 13.9. The summed E-state index contributed by atoms with van der Waals surface area (Å²) in [5.74, 6) is 12.1. The predicted molar refractivity (Wildman–Crippen MR) is 137 cm³/mol. The lowest BCUT2D eigenvalue weighted by Crippen LogP contribution is -2.58. The van der Waals surface area contributed by atoms with Gasteiger partial charge in [0.1, 0.15) is 61.0 Å². The summed E-state index contributed by atoms with van der Waals surface area (Å²) < 4.78 is 11.0. The van der Waals surface area contributed by atoms with Crippen molar-refractivity contribution < 1.29 is 50.3 Å². The summed E-state index contributed by atoms with van der Waals surface area (Å²) in [5, 5.41) is 79.0. The molecule has 3 aliphatic rings. The highest BCUT2D eigenvalue weighted by atomic mass is 35.5. The van der Waals surface area contributed by atoms with E-state index in [9.17, 15) is 40.9 Å². The molecule has 1 aliphatic carbocycles. The SMILES string of the molecule is OC[C@H]1O[C@H](C#CC2CCCCC(C#C[C@H]3O[C@H](CO)[C@@H](O)[C@H](O)[C@@H]3O)CCC(Cl)CC2)[C@@H](O)[C@@H](O)[C@@H]1O. The number of alkyl halides is 1. The van der Waals surface area contributed by atoms with Gasteiger partial charge >= 0.3 is 0 Å². The van der Waals surface area contributed by atoms with E-state index in [1.165, 1.54) is 0 Å². The van der Waals surface area contributed by atoms with E-state index in [1.54, 1.807) is 0 Å². The maximum absolute atomic E-state index is 10.2. The summed E-state index contributed by atoms with van der Waals surface area (Å²) in [6, 6.07) is 0. The summed E-state index contributed by atoms with van der Waals surface area (Å²) in [6.45, 7) is -0.998. The van der Waals surface area contributed by atoms with E-state index in [0.717, 1.165) is 51.4 Å². The standard InChI is InChI=1S/C27H41ClO10/c28-17-9-5-15(7-11-18-22(31)26(35)24(33)20(13-29)37-18)3-1-2-4-16(6-10-17)8-12-19-23(32)27(36)25(34)21(14-30)38-19/h15-27,29-36H,1-6,9-10,13-14H2/t15?,16?,17?,18-,19-,20-,21-,22-,23-,24-,25-,26-,27-/m1/s1. The topological polar surface area (TPSA) is 180 Å². The Morgan fingerprint density at radius 3 is 1.29 bits per heavy atom. The Labute approximate surface area is 228 Å². The molecular weight excluding hydrogens is 520 g/mol. The third-order valence-corrected chi connectivity index (χ3v) is 8.09. The molecule has 0 aromatic rings. The Hall–Kier alpha value is -0.990. The Balaban J connectivity index is 1.60. The summed E-state index contributed by atoms with van der Waals surface area (Å²) in [6.07, 6.45) is -6.25. The lowest BCUT2D eigenvalue weighted by molar-refractivity contribution is -0.214. The van der Waals surface area contributed by atoms with E-state index in [-0.39, 0.29) is 17.2 Å². The zero-order valence-electron chi connectivity index (χ0n) is 21.3. The fourth-order valence-electron chi connectivity index (χ4n) is 5.11. The van der Waals surface area contributed by atoms with Crippen molar-refractivity contribution in [1.82, 2.24) is 0 Å². The van der Waals surface area contributed by atoms with Crippen LogP contribution < -0.4 is 0 Å². The van der Waals surface area contributed by atoms with Crippen molar-refractivity contribution in [1.29, 1.82) is 0 Å². The molecule has 3 fully saturated rings. The van der Waals surface area contributed by atoms with Gasteiger partial charge in [0.15, 0.2) is 0 Å². The zero-order chi connectivity index (χ0) is 27.8. The fourth-order valence-corrected chi connectivity index (χ4v) is 5.36. The number of aliphatic hydroxyl groups excluding tert-OH is 8. The minimum Gasteiger partial charge on any atom is -0.394 e. The molecule has 0 radical (unpaired) electrons. The van der Waals surface area contributed by atoms with Crippen molar-refractivity contribution in [2.24, 2.45) is 11.8 Å². The van der Waals surface area contributed by atoms with Gasteiger partial charge in [0.25, 0.3) is 0 Å². The van der Waals surface area contributed by atoms with Crippen LogP contribution in [-0.2, 0) is 9.47 Å². The Bertz CT molecular complexity index is 780. The van der Waals surface area contributed by atoms with Crippen LogP contribution in [0.15, 0.2) is 0 Å². The molecule has 2 unspecified atom stereocenters. The molecule has 0 bridgehead atoms. The molecule has 0 aromatic heterocycles. The van der Waals surface area contributed by atoms with Crippen LogP contribution in [-0.4, -0.2) is 120 Å². The smallest absolute Gasteiger partial charge is 0.147 e. The van der Waals surface area contributed by atoms with Crippen LogP contribution >= 0.6 is 11.6 Å². The number of aliphatic hydroxyl groups is 8. The van der Waals surface area contributed by atoms with Crippen molar-refractivity contribution in [2.75, 3.05) is 13.2 Å². The van der Waals surface area contributed by atoms with Crippen LogP contribution in [0.3, 0.4) is 0 Å². The van der Waals surface area contributed by atoms with E-state index < -0.39 is 74.3 Å². The maximum atomic E-state index is 10.2. The minimum atomic E-state index is -1.46. The van der Waals surface area contributed by atoms with E-state index in [2.05, 4.69) is 23.7 Å². The van der Waals surface area contributed by atoms with Crippen molar-refractivity contribution in [3.05, 3.63) is 0 Å². The Kier molecular flexibility index (Phi) is 12.6. The number of rotatable bonds is 2. The van der Waals surface area contributed by atoms with Crippen molar-refractivity contribution in [2.45, 2.75) is 118 Å². The maximum Gasteiger partial charge on any atom is 0.147 e. The van der Waals surface area contributed by atoms with Gasteiger partial charge < -0.3 is 50.3 Å². The lowest BCUT2D eigenvalue weighted by Gasteiger charge is -2.38. The summed E-state index contributed by atoms with van der Waals surface area (Å²) in [5.41, 5.74) is 0. The second kappa shape index (κ2) is 15.1. The van der Waals surface area contributed by atoms with E-state index in [4.69, 9.17) is 21.1 Å². The first-order valence-electron chi connectivity index (χ1n) is 13.4. The minimum absolute atomic E-state index is 0.000342. The molecule has 12 atom stereocenters. The van der Waals surface area contributed by atoms with Crippen LogP contribution in [0, 0.1) is 35.5 Å². The van der Waals surface area contributed by atoms with E-state index in [1.807, 2.05) is 0 Å². The third-order valence-electron chi connectivity index (χ3n) is 7.66. The van der Waals surface area contributed by atoms with Gasteiger partial charge in [0, 0.05) is 17.2 Å². The first kappa shape index (κ1) is 31.5. The van der Waals surface area contributed by atoms with Crippen molar-refractivity contribution >= 4 is 11.6 Å². The zero-order valence-corrected chi connectivity index (χ0v) is 22.1. The molecule has 38 heavy (non-hydrogen) atoms. The van der Waals surface area contributed by atoms with Gasteiger partial charge in [-0.15, -0.1) is 11.6 Å². The summed E-state index contributed by atoms with van der Waals surface area (Å²) in [4.78, 5) is 0. The van der Waals surface area contributed by atoms with Gasteiger partial charge in [-0.3, -0.25) is 0 Å². The van der Waals surface area contributed by atoms with Gasteiger partial charge in [-0.05, 0) is 38.5 Å². The van der Waals surface area contributed by atoms with Crippen LogP contribution in [0.1, 0.15) is 51.4 Å². The lowest BCUT2D eigenvalue weighted by atomic mass is 9.92. The molecule has 8 N–H and O–H groups in total. The van der Waals surface area contributed by atoms with Crippen LogP contribution in [0.25, 0.3) is 0 Å². The monoisotopic (exact) mass is 560 g/mol. The molecule has 2 saturated heterocycles. The van der Waals surface area contributed by atoms with Crippen LogP contribution in [0.5, 0.6) is 0 Å². The fraction of sp³-hybridized carbons (Fsp3) is 0.852. The number of ether oxygens (including phenoxy) is 2. The molecule has 0 amide bonds. The quantitative estimate of drug-likeness (QED) is 0.149. The van der Waals surface area contributed by atoms with Crippen molar-refractivity contribution in [3.63, 3.8) is 0 Å². The number of hydrogen-bond donors (Lipinski definition) is 8. The summed E-state index contributed by atoms with van der Waals surface area (Å²) >= 11 is 6.59. The van der Waals surface area contributed by atoms with E-state index in [0.29, 0.717) is 0 Å². The van der Waals surface area contributed by atoms with Crippen molar-refractivity contribution in [3.8, 4) is 23.7 Å². The van der Waals surface area contributed by atoms with Gasteiger partial charge in [0.05, 0.1) is 13.2 Å². The highest BCUT2D eigenvalue weighted by Crippen LogP contribution is 2.27. The highest BCUT2D eigenvalue weighted by Gasteiger charge is 2.43. The molecule has 0 aromatic carbocycles. The molecule has 216 valence electrons. The Morgan fingerprint density at radius 1 is 0.526 bits per heavy atom. The molecule has 10 nitrogen and oxygen atoms in total. The van der Waals surface area contributed by atoms with Gasteiger partial charge in [-0.2, -0.15) is 0 Å². The van der Waals surface area contributed by atoms with Crippen LogP contribution in [0.4, 0.5) is 0 Å². The number of hydrogen-bond acceptors (Lipinski definition) is 10. The molecule has 11 heteroatoms. The second-order valence-corrected chi connectivity index (χ2v) is 11.1. The number of halogens is 1. The summed E-state index contributed by atoms with van der Waals surface area (Å²) in [7, 11) is 0. The highest BCUT2D eigenvalue weighted by molar-refractivity contribution is 6.20. The molecule has 0 spiro atoms. The molecule has 2 heterocycles. The van der Waals surface area contributed by atoms with E-state index >= 15 is 0 Å². The normalized spacial score (nSPS) is 45.0. The average molecular weight is 561 g/mol. The molecular formula is C27H41ClO10. The van der Waals surface area contributed by atoms with Crippen LogP contribution in [0.2, 0.25) is 0 Å². The Morgan fingerprint density at radius 2 is 0.921 bits per heavy atom. The average Bonchev–Trinajstić information content (AvgIpc) is 2.95. The van der Waals surface area contributed by atoms with Gasteiger partial charge in [-0.25, -0.2) is 0 Å². The van der Waals surface area contributed by atoms with Gasteiger partial charge in [-0.1, -0.05) is 36.5 Å². The third kappa shape index (κ3) is 8.26. The second-order valence-electron chi connectivity index (χ2n) is 10.5. The predicted octanol–water partition coefficient (Wildman–Crippen LogP) is -1.35. The largest absolute Gasteiger partial charge is 0.394 e. The molecule has 1 saturated carbocycles.